The molecule has 23 heavy (non-hydrogen) atoms. The fraction of sp³-hybridized carbons (Fsp3) is 0.471. The summed E-state index contributed by atoms with van der Waals surface area (Å²) in [5.41, 5.74) is 1.19. The summed E-state index contributed by atoms with van der Waals surface area (Å²) in [7, 11) is 0. The van der Waals surface area contributed by atoms with Crippen LogP contribution in [0.3, 0.4) is 0 Å². The van der Waals surface area contributed by atoms with Crippen molar-refractivity contribution < 1.29 is 19.1 Å². The van der Waals surface area contributed by atoms with Gasteiger partial charge in [0.05, 0.1) is 13.2 Å². The molecule has 0 unspecified atom stereocenters. The number of anilines is 1. The Labute approximate surface area is 136 Å². The standard InChI is InChI=1S/C17H22N2O4/c1-13(20)15-4-3-5-16(12-15)19(14(2)21)7-6-17(22)18-8-10-23-11-9-18/h3-5,12H,6-11H2,1-2H3. The zero-order valence-corrected chi connectivity index (χ0v) is 13.6. The molecule has 0 aromatic heterocycles. The van der Waals surface area contributed by atoms with Crippen molar-refractivity contribution in [1.29, 1.82) is 0 Å². The molecule has 0 bridgehead atoms. The van der Waals surface area contributed by atoms with Crippen molar-refractivity contribution in [2.45, 2.75) is 20.3 Å². The predicted molar refractivity (Wildman–Crippen MR) is 86.5 cm³/mol. The second-order valence-electron chi connectivity index (χ2n) is 5.52. The Morgan fingerprint density at radius 3 is 2.48 bits per heavy atom. The lowest BCUT2D eigenvalue weighted by Crippen LogP contribution is -2.42. The molecule has 2 rings (SSSR count). The molecule has 0 spiro atoms. The highest BCUT2D eigenvalue weighted by Crippen LogP contribution is 2.18. The van der Waals surface area contributed by atoms with E-state index in [1.165, 1.54) is 18.7 Å². The number of carbonyl (C=O) groups excluding carboxylic acids is 3. The Morgan fingerprint density at radius 1 is 1.17 bits per heavy atom. The van der Waals surface area contributed by atoms with E-state index in [1.807, 2.05) is 0 Å². The smallest absolute Gasteiger partial charge is 0.224 e. The summed E-state index contributed by atoms with van der Waals surface area (Å²) in [6, 6.07) is 6.91. The van der Waals surface area contributed by atoms with Gasteiger partial charge in [-0.1, -0.05) is 12.1 Å². The van der Waals surface area contributed by atoms with Crippen molar-refractivity contribution in [1.82, 2.24) is 4.90 Å². The van der Waals surface area contributed by atoms with Crippen LogP contribution in [0.2, 0.25) is 0 Å². The third-order valence-corrected chi connectivity index (χ3v) is 3.86. The van der Waals surface area contributed by atoms with Crippen molar-refractivity contribution in [3.63, 3.8) is 0 Å². The van der Waals surface area contributed by atoms with Gasteiger partial charge in [0.2, 0.25) is 11.8 Å². The molecule has 1 aliphatic heterocycles. The first-order chi connectivity index (χ1) is 11.0. The van der Waals surface area contributed by atoms with Gasteiger partial charge < -0.3 is 14.5 Å². The highest BCUT2D eigenvalue weighted by atomic mass is 16.5. The lowest BCUT2D eigenvalue weighted by atomic mass is 10.1. The second kappa shape index (κ2) is 7.87. The maximum atomic E-state index is 12.2. The molecule has 1 aromatic rings. The molecule has 1 heterocycles. The molecule has 0 atom stereocenters. The van der Waals surface area contributed by atoms with Crippen LogP contribution in [0, 0.1) is 0 Å². The van der Waals surface area contributed by atoms with Crippen LogP contribution in [0.15, 0.2) is 24.3 Å². The number of morpholine rings is 1. The largest absolute Gasteiger partial charge is 0.378 e. The molecule has 0 aliphatic carbocycles. The molecular weight excluding hydrogens is 296 g/mol. The maximum absolute atomic E-state index is 12.2. The van der Waals surface area contributed by atoms with Gasteiger partial charge >= 0.3 is 0 Å². The van der Waals surface area contributed by atoms with Crippen LogP contribution in [0.25, 0.3) is 0 Å². The van der Waals surface area contributed by atoms with E-state index in [0.29, 0.717) is 44.1 Å². The average Bonchev–Trinajstić information content (AvgIpc) is 2.55. The second-order valence-corrected chi connectivity index (χ2v) is 5.52. The fourth-order valence-corrected chi connectivity index (χ4v) is 2.54. The van der Waals surface area contributed by atoms with E-state index in [1.54, 1.807) is 29.2 Å². The predicted octanol–water partition coefficient (Wildman–Crippen LogP) is 1.49. The number of benzene rings is 1. The number of ketones is 1. The number of rotatable bonds is 5. The van der Waals surface area contributed by atoms with Crippen molar-refractivity contribution in [2.24, 2.45) is 0 Å². The highest BCUT2D eigenvalue weighted by molar-refractivity contribution is 5.97. The molecule has 1 aromatic carbocycles. The minimum absolute atomic E-state index is 0.0160. The molecule has 1 fully saturated rings. The van der Waals surface area contributed by atoms with Gasteiger partial charge in [-0.05, 0) is 19.1 Å². The molecule has 6 heteroatoms. The van der Waals surface area contributed by atoms with Crippen molar-refractivity contribution in [2.75, 3.05) is 37.7 Å². The number of carbonyl (C=O) groups is 3. The van der Waals surface area contributed by atoms with Crippen molar-refractivity contribution in [3.05, 3.63) is 29.8 Å². The minimum atomic E-state index is -0.152. The Morgan fingerprint density at radius 2 is 1.87 bits per heavy atom. The zero-order valence-electron chi connectivity index (χ0n) is 13.6. The SMILES string of the molecule is CC(=O)c1cccc(N(CCC(=O)N2CCOCC2)C(C)=O)c1. The van der Waals surface area contributed by atoms with Crippen LogP contribution in [0.5, 0.6) is 0 Å². The van der Waals surface area contributed by atoms with Gasteiger partial charge in [0.1, 0.15) is 0 Å². The third-order valence-electron chi connectivity index (χ3n) is 3.86. The monoisotopic (exact) mass is 318 g/mol. The first kappa shape index (κ1) is 17.1. The Hall–Kier alpha value is -2.21. The van der Waals surface area contributed by atoms with Gasteiger partial charge in [0.15, 0.2) is 5.78 Å². The number of hydrogen-bond acceptors (Lipinski definition) is 4. The third kappa shape index (κ3) is 4.63. The van der Waals surface area contributed by atoms with Gasteiger partial charge in [-0.3, -0.25) is 14.4 Å². The maximum Gasteiger partial charge on any atom is 0.224 e. The van der Waals surface area contributed by atoms with Crippen LogP contribution in [0.4, 0.5) is 5.69 Å². The van der Waals surface area contributed by atoms with Crippen LogP contribution >= 0.6 is 0 Å². The van der Waals surface area contributed by atoms with E-state index < -0.39 is 0 Å². The molecule has 1 saturated heterocycles. The Bertz CT molecular complexity index is 594. The average molecular weight is 318 g/mol. The summed E-state index contributed by atoms with van der Waals surface area (Å²) in [4.78, 5) is 38.9. The fourth-order valence-electron chi connectivity index (χ4n) is 2.54. The highest BCUT2D eigenvalue weighted by Gasteiger charge is 2.19. The van der Waals surface area contributed by atoms with Crippen LogP contribution < -0.4 is 4.90 Å². The molecular formula is C17H22N2O4. The normalized spacial score (nSPS) is 14.4. The lowest BCUT2D eigenvalue weighted by Gasteiger charge is -2.28. The van der Waals surface area contributed by atoms with Crippen LogP contribution in [-0.2, 0) is 14.3 Å². The molecule has 0 N–H and O–H groups in total. The van der Waals surface area contributed by atoms with E-state index >= 15 is 0 Å². The quantitative estimate of drug-likeness (QED) is 0.772. The lowest BCUT2D eigenvalue weighted by molar-refractivity contribution is -0.135. The van der Waals surface area contributed by atoms with Gasteiger partial charge in [0.25, 0.3) is 0 Å². The molecule has 0 radical (unpaired) electrons. The zero-order chi connectivity index (χ0) is 16.8. The minimum Gasteiger partial charge on any atom is -0.378 e. The number of amides is 2. The van der Waals surface area contributed by atoms with E-state index in [9.17, 15) is 14.4 Å². The van der Waals surface area contributed by atoms with Gasteiger partial charge in [-0.15, -0.1) is 0 Å². The first-order valence-corrected chi connectivity index (χ1v) is 7.73. The topological polar surface area (TPSA) is 66.9 Å². The van der Waals surface area contributed by atoms with E-state index in [4.69, 9.17) is 4.74 Å². The number of hydrogen-bond donors (Lipinski definition) is 0. The Balaban J connectivity index is 2.04. The summed E-state index contributed by atoms with van der Waals surface area (Å²) in [5.74, 6) is -0.192. The molecule has 2 amide bonds. The van der Waals surface area contributed by atoms with Gasteiger partial charge in [0, 0.05) is 44.2 Å². The van der Waals surface area contributed by atoms with Gasteiger partial charge in [-0.25, -0.2) is 0 Å². The summed E-state index contributed by atoms with van der Waals surface area (Å²) in [6.45, 7) is 5.55. The van der Waals surface area contributed by atoms with Crippen molar-refractivity contribution in [3.8, 4) is 0 Å². The summed E-state index contributed by atoms with van der Waals surface area (Å²) in [6.07, 6.45) is 0.254. The summed E-state index contributed by atoms with van der Waals surface area (Å²) in [5, 5.41) is 0. The van der Waals surface area contributed by atoms with E-state index in [2.05, 4.69) is 0 Å². The molecule has 0 saturated carbocycles. The summed E-state index contributed by atoms with van der Waals surface area (Å²) < 4.78 is 5.23. The van der Waals surface area contributed by atoms with Crippen molar-refractivity contribution >= 4 is 23.3 Å². The summed E-state index contributed by atoms with van der Waals surface area (Å²) >= 11 is 0. The Kier molecular flexibility index (Phi) is 5.87. The molecule has 1 aliphatic rings. The first-order valence-electron chi connectivity index (χ1n) is 7.73. The van der Waals surface area contributed by atoms with Crippen LogP contribution in [-0.4, -0.2) is 55.3 Å². The van der Waals surface area contributed by atoms with E-state index in [-0.39, 0.29) is 24.0 Å². The van der Waals surface area contributed by atoms with Crippen LogP contribution in [0.1, 0.15) is 30.6 Å². The molecule has 124 valence electrons. The number of Topliss-reactive ketones (excluding diaryl/α,β-unsaturated/α-hetero) is 1. The molecule has 6 nitrogen and oxygen atoms in total. The number of nitrogens with zero attached hydrogens (tertiary/aromatic N) is 2. The van der Waals surface area contributed by atoms with Gasteiger partial charge in [-0.2, -0.15) is 0 Å². The number of ether oxygens (including phenoxy) is 1. The van der Waals surface area contributed by atoms with E-state index in [0.717, 1.165) is 0 Å².